The molecule has 5 rings (SSSR count). The maximum atomic E-state index is 14.1. The Kier molecular flexibility index (Phi) is 7.34. The third kappa shape index (κ3) is 4.90. The number of benzene rings is 1. The largest absolute Gasteiger partial charge is 0.478 e. The number of aromatic nitrogens is 1. The van der Waals surface area contributed by atoms with E-state index in [0.29, 0.717) is 30.7 Å². The van der Waals surface area contributed by atoms with Gasteiger partial charge in [0, 0.05) is 35.4 Å². The molecule has 0 spiro atoms. The number of pyridine rings is 1. The van der Waals surface area contributed by atoms with Crippen LogP contribution in [0.25, 0.3) is 16.5 Å². The van der Waals surface area contributed by atoms with E-state index in [2.05, 4.69) is 16.0 Å². The summed E-state index contributed by atoms with van der Waals surface area (Å²) in [6, 6.07) is 2.60. The van der Waals surface area contributed by atoms with Crippen molar-refractivity contribution in [3.8, 4) is 5.75 Å². The van der Waals surface area contributed by atoms with Gasteiger partial charge < -0.3 is 19.8 Å². The maximum Gasteiger partial charge on any atom is 0.240 e. The van der Waals surface area contributed by atoms with Gasteiger partial charge in [0.1, 0.15) is 11.9 Å². The summed E-state index contributed by atoms with van der Waals surface area (Å²) in [6.07, 6.45) is 8.50. The van der Waals surface area contributed by atoms with Crippen LogP contribution in [0, 0.1) is 5.82 Å². The molecule has 2 N–H and O–H groups in total. The summed E-state index contributed by atoms with van der Waals surface area (Å²) in [5.41, 5.74) is 8.84. The fourth-order valence-corrected chi connectivity index (χ4v) is 5.88. The molecule has 0 bridgehead atoms. The van der Waals surface area contributed by atoms with E-state index in [-0.39, 0.29) is 33.6 Å². The lowest BCUT2D eigenvalue weighted by Gasteiger charge is -2.36. The molecule has 2 unspecified atom stereocenters. The second-order valence-corrected chi connectivity index (χ2v) is 10.4. The Morgan fingerprint density at radius 3 is 2.84 bits per heavy atom. The van der Waals surface area contributed by atoms with Crippen LogP contribution in [-0.4, -0.2) is 53.4 Å². The van der Waals surface area contributed by atoms with E-state index in [1.54, 1.807) is 19.4 Å². The van der Waals surface area contributed by atoms with Gasteiger partial charge in [-0.25, -0.2) is 9.37 Å². The third-order valence-corrected chi connectivity index (χ3v) is 8.02. The highest BCUT2D eigenvalue weighted by Crippen LogP contribution is 2.41. The van der Waals surface area contributed by atoms with Crippen molar-refractivity contribution in [2.24, 2.45) is 0 Å². The molecule has 1 aromatic carbocycles. The molecular weight excluding hydrogens is 518 g/mol. The summed E-state index contributed by atoms with van der Waals surface area (Å²) in [5.74, 6) is -0.0209. The van der Waals surface area contributed by atoms with Gasteiger partial charge >= 0.3 is 0 Å². The van der Waals surface area contributed by atoms with Gasteiger partial charge in [-0.15, -0.1) is 0 Å². The molecule has 1 fully saturated rings. The predicted octanol–water partition coefficient (Wildman–Crippen LogP) is 6.10. The smallest absolute Gasteiger partial charge is 0.240 e. The number of likely N-dealkylation sites (N-methyl/N-ethyl adjacent to an activating group) is 1. The van der Waals surface area contributed by atoms with Crippen molar-refractivity contribution < 1.29 is 18.3 Å². The summed E-state index contributed by atoms with van der Waals surface area (Å²) in [7, 11) is 2.03. The molecule has 2 aliphatic heterocycles. The lowest BCUT2D eigenvalue weighted by atomic mass is 9.97. The van der Waals surface area contributed by atoms with Gasteiger partial charge in [-0.2, -0.15) is 0 Å². The second kappa shape index (κ2) is 10.5. The first kappa shape index (κ1) is 25.8. The molecule has 1 saturated heterocycles. The summed E-state index contributed by atoms with van der Waals surface area (Å²) in [5, 5.41) is 0.916. The average molecular weight is 547 g/mol. The van der Waals surface area contributed by atoms with Crippen LogP contribution >= 0.6 is 23.2 Å². The lowest BCUT2D eigenvalue weighted by Crippen LogP contribution is -2.50. The summed E-state index contributed by atoms with van der Waals surface area (Å²) < 4.78 is 26.1. The second-order valence-electron chi connectivity index (χ2n) is 9.64. The van der Waals surface area contributed by atoms with Gasteiger partial charge in [0.05, 0.1) is 22.7 Å². The van der Waals surface area contributed by atoms with E-state index in [9.17, 15) is 9.18 Å². The summed E-state index contributed by atoms with van der Waals surface area (Å²) in [4.78, 5) is 21.5. The van der Waals surface area contributed by atoms with Crippen LogP contribution in [0.5, 0.6) is 5.75 Å². The fraction of sp³-hybridized carbons (Fsp3) is 0.407. The number of furan rings is 1. The molecule has 37 heavy (non-hydrogen) atoms. The summed E-state index contributed by atoms with van der Waals surface area (Å²) in [6.45, 7) is 3.85. The van der Waals surface area contributed by atoms with E-state index < -0.39 is 11.9 Å². The Morgan fingerprint density at radius 1 is 1.30 bits per heavy atom. The molecule has 2 atom stereocenters. The summed E-state index contributed by atoms with van der Waals surface area (Å²) >= 11 is 12.4. The lowest BCUT2D eigenvalue weighted by molar-refractivity contribution is -0.137. The number of carbonyl (C=O) groups excluding carboxylic acids is 1. The topological polar surface area (TPSA) is 84.8 Å². The minimum Gasteiger partial charge on any atom is -0.478 e. The van der Waals surface area contributed by atoms with E-state index in [4.69, 9.17) is 38.1 Å². The van der Waals surface area contributed by atoms with Crippen LogP contribution < -0.4 is 10.5 Å². The van der Waals surface area contributed by atoms with Crippen LogP contribution in [0.3, 0.4) is 0 Å². The molecule has 1 amide bonds. The van der Waals surface area contributed by atoms with E-state index in [0.717, 1.165) is 42.3 Å². The first-order valence-corrected chi connectivity index (χ1v) is 13.2. The van der Waals surface area contributed by atoms with Crippen LogP contribution in [-0.2, 0) is 4.79 Å². The molecule has 196 valence electrons. The van der Waals surface area contributed by atoms with E-state index >= 15 is 0 Å². The van der Waals surface area contributed by atoms with Crippen molar-refractivity contribution in [3.63, 3.8) is 0 Å². The van der Waals surface area contributed by atoms with Crippen molar-refractivity contribution in [1.29, 1.82) is 0 Å². The Bertz CT molecular complexity index is 1380. The molecule has 2 aliphatic rings. The number of rotatable bonds is 5. The molecule has 0 radical (unpaired) electrons. The number of nitrogens with two attached hydrogens (primary N) is 1. The quantitative estimate of drug-likeness (QED) is 0.389. The van der Waals surface area contributed by atoms with Gasteiger partial charge in [0.2, 0.25) is 11.7 Å². The molecule has 0 aliphatic carbocycles. The number of fused-ring (bicyclic) bond motifs is 1. The zero-order valence-corrected chi connectivity index (χ0v) is 22.3. The molecule has 2 aromatic heterocycles. The van der Waals surface area contributed by atoms with Crippen molar-refractivity contribution in [2.45, 2.75) is 44.8 Å². The Balaban J connectivity index is 1.38. The molecular formula is C27H29Cl2FN4O3. The molecule has 10 heteroatoms. The number of amides is 1. The van der Waals surface area contributed by atoms with Gasteiger partial charge in [-0.1, -0.05) is 35.7 Å². The normalized spacial score (nSPS) is 19.6. The number of nitrogen functional groups attached to an aromatic ring is 1. The van der Waals surface area contributed by atoms with Gasteiger partial charge in [0.25, 0.3) is 0 Å². The highest BCUT2D eigenvalue weighted by Gasteiger charge is 2.31. The number of piperidine rings is 1. The number of hydrogen-bond acceptors (Lipinski definition) is 6. The SMILES string of the molecule is CC(Oc1c(N)ncc2c(C3=CCN(C(=O)C4CCCCN4C)CC3)coc12)c1c(Cl)ccc(F)c1Cl. The molecule has 0 saturated carbocycles. The fourth-order valence-electron chi connectivity index (χ4n) is 5.21. The zero-order chi connectivity index (χ0) is 26.3. The Morgan fingerprint density at radius 2 is 2.11 bits per heavy atom. The number of anilines is 1. The predicted molar refractivity (Wildman–Crippen MR) is 143 cm³/mol. The van der Waals surface area contributed by atoms with Crippen LogP contribution in [0.4, 0.5) is 10.2 Å². The van der Waals surface area contributed by atoms with Crippen molar-refractivity contribution in [3.05, 3.63) is 57.7 Å². The number of nitrogens with zero attached hydrogens (tertiary/aromatic N) is 3. The number of likely N-dealkylation sites (tertiary alicyclic amines) is 1. The van der Waals surface area contributed by atoms with Crippen LogP contribution in [0.1, 0.15) is 49.8 Å². The first-order valence-electron chi connectivity index (χ1n) is 12.4. The number of carbonyl (C=O) groups is 1. The highest BCUT2D eigenvalue weighted by molar-refractivity contribution is 6.36. The van der Waals surface area contributed by atoms with E-state index in [1.807, 2.05) is 11.9 Å². The molecule has 3 aromatic rings. The third-order valence-electron chi connectivity index (χ3n) is 7.30. The number of ether oxygens (including phenoxy) is 1. The first-order chi connectivity index (χ1) is 17.8. The van der Waals surface area contributed by atoms with Crippen molar-refractivity contribution >= 4 is 51.5 Å². The highest BCUT2D eigenvalue weighted by atomic mass is 35.5. The molecule has 7 nitrogen and oxygen atoms in total. The Labute approximate surface area is 224 Å². The maximum absolute atomic E-state index is 14.1. The minimum atomic E-state index is -0.717. The van der Waals surface area contributed by atoms with Gasteiger partial charge in [0.15, 0.2) is 11.4 Å². The van der Waals surface area contributed by atoms with E-state index in [1.165, 1.54) is 12.1 Å². The number of halogens is 3. The Hall–Kier alpha value is -2.81. The zero-order valence-electron chi connectivity index (χ0n) is 20.8. The number of hydrogen-bond donors (Lipinski definition) is 1. The van der Waals surface area contributed by atoms with Gasteiger partial charge in [-0.3, -0.25) is 9.69 Å². The van der Waals surface area contributed by atoms with Crippen molar-refractivity contribution in [1.82, 2.24) is 14.8 Å². The van der Waals surface area contributed by atoms with Gasteiger partial charge in [-0.05, 0) is 57.5 Å². The average Bonchev–Trinajstić information content (AvgIpc) is 3.32. The standard InChI is InChI=1S/C27H29Cl2FN4O3/c1-15(22-19(28)6-7-20(30)23(22)29)37-25-24-17(13-32-26(25)31)18(14-36-24)16-8-11-34(12-9-16)27(35)21-5-3-4-10-33(21)2/h6-8,13-15,21H,3-5,9-12H2,1-2H3,(H2,31,32). The minimum absolute atomic E-state index is 0.0348. The van der Waals surface area contributed by atoms with Crippen LogP contribution in [0.15, 0.2) is 35.1 Å². The van der Waals surface area contributed by atoms with Crippen LogP contribution in [0.2, 0.25) is 10.0 Å². The molecule has 4 heterocycles. The monoisotopic (exact) mass is 546 g/mol. The van der Waals surface area contributed by atoms with Crippen molar-refractivity contribution in [2.75, 3.05) is 32.4 Å².